The molecule has 1 heterocycles. The summed E-state index contributed by atoms with van der Waals surface area (Å²) in [6, 6.07) is 6.54. The van der Waals surface area contributed by atoms with Gasteiger partial charge in [0.25, 0.3) is 0 Å². The Morgan fingerprint density at radius 3 is 2.44 bits per heavy atom. The molecule has 152 valence electrons. The lowest BCUT2D eigenvalue weighted by Gasteiger charge is -2.38. The fourth-order valence-electron chi connectivity index (χ4n) is 3.20. The van der Waals surface area contributed by atoms with Crippen LogP contribution < -0.4 is 10.2 Å². The smallest absolute Gasteiger partial charge is 0.194 e. The van der Waals surface area contributed by atoms with Crippen molar-refractivity contribution in [2.24, 2.45) is 4.99 Å². The number of hydrogen-bond acceptors (Lipinski definition) is 3. The zero-order chi connectivity index (χ0) is 20.0. The predicted octanol–water partition coefficient (Wildman–Crippen LogP) is 2.94. The normalized spacial score (nSPS) is 17.2. The molecule has 2 rings (SSSR count). The van der Waals surface area contributed by atoms with E-state index in [-0.39, 0.29) is 4.75 Å². The van der Waals surface area contributed by atoms with Crippen molar-refractivity contribution in [1.29, 1.82) is 0 Å². The van der Waals surface area contributed by atoms with E-state index in [1.54, 1.807) is 0 Å². The molecule has 27 heavy (non-hydrogen) atoms. The van der Waals surface area contributed by atoms with Crippen molar-refractivity contribution in [3.05, 3.63) is 29.3 Å². The second-order valence-corrected chi connectivity index (χ2v) is 10.4. The molecule has 1 saturated heterocycles. The molecule has 0 spiro atoms. The van der Waals surface area contributed by atoms with Gasteiger partial charge in [-0.3, -0.25) is 9.20 Å². The standard InChI is InChI=1S/C21H36N4OS/c1-7-22-20(23-11-16-27(26)21(4,5)6)25-14-12-24(13-15-25)19-10-8-9-17(2)18(19)3/h8-10H,7,11-16H2,1-6H3,(H,22,23). The quantitative estimate of drug-likeness (QED) is 0.618. The van der Waals surface area contributed by atoms with Gasteiger partial charge in [0.1, 0.15) is 0 Å². The average Bonchev–Trinajstić information content (AvgIpc) is 2.62. The van der Waals surface area contributed by atoms with E-state index >= 15 is 0 Å². The number of anilines is 1. The Balaban J connectivity index is 1.97. The Morgan fingerprint density at radius 2 is 1.85 bits per heavy atom. The molecule has 0 bridgehead atoms. The van der Waals surface area contributed by atoms with Gasteiger partial charge in [-0.15, -0.1) is 0 Å². The molecule has 1 aromatic carbocycles. The molecular formula is C21H36N4OS. The fraction of sp³-hybridized carbons (Fsp3) is 0.667. The minimum absolute atomic E-state index is 0.175. The molecular weight excluding hydrogens is 356 g/mol. The lowest BCUT2D eigenvalue weighted by Crippen LogP contribution is -2.52. The SMILES string of the molecule is CCNC(=NCCS(=O)C(C)(C)C)N1CCN(c2cccc(C)c2C)CC1. The molecule has 1 N–H and O–H groups in total. The average molecular weight is 393 g/mol. The Kier molecular flexibility index (Phi) is 7.71. The summed E-state index contributed by atoms with van der Waals surface area (Å²) in [6.07, 6.45) is 0. The Hall–Kier alpha value is -1.56. The van der Waals surface area contributed by atoms with E-state index in [2.05, 4.69) is 54.1 Å². The van der Waals surface area contributed by atoms with Crippen LogP contribution in [0.25, 0.3) is 0 Å². The molecule has 0 amide bonds. The maximum atomic E-state index is 12.2. The van der Waals surface area contributed by atoms with Crippen molar-refractivity contribution in [1.82, 2.24) is 10.2 Å². The van der Waals surface area contributed by atoms with E-state index in [1.165, 1.54) is 16.8 Å². The van der Waals surface area contributed by atoms with Crippen LogP contribution >= 0.6 is 0 Å². The summed E-state index contributed by atoms with van der Waals surface area (Å²) in [4.78, 5) is 9.53. The van der Waals surface area contributed by atoms with Gasteiger partial charge in [0, 0.05) is 59.7 Å². The van der Waals surface area contributed by atoms with E-state index in [0.29, 0.717) is 12.3 Å². The van der Waals surface area contributed by atoms with Crippen LogP contribution in [0.4, 0.5) is 5.69 Å². The van der Waals surface area contributed by atoms with Crippen molar-refractivity contribution in [3.63, 3.8) is 0 Å². The van der Waals surface area contributed by atoms with Crippen LogP contribution in [0.3, 0.4) is 0 Å². The van der Waals surface area contributed by atoms with Gasteiger partial charge >= 0.3 is 0 Å². The van der Waals surface area contributed by atoms with Crippen molar-refractivity contribution in [2.45, 2.75) is 46.3 Å². The molecule has 1 atom stereocenters. The van der Waals surface area contributed by atoms with Gasteiger partial charge in [0.05, 0.1) is 6.54 Å². The van der Waals surface area contributed by atoms with Gasteiger partial charge in [-0.25, -0.2) is 0 Å². The monoisotopic (exact) mass is 392 g/mol. The van der Waals surface area contributed by atoms with Gasteiger partial charge in [-0.05, 0) is 58.7 Å². The summed E-state index contributed by atoms with van der Waals surface area (Å²) >= 11 is 0. The second-order valence-electron chi connectivity index (χ2n) is 8.09. The van der Waals surface area contributed by atoms with Crippen LogP contribution in [-0.2, 0) is 10.8 Å². The lowest BCUT2D eigenvalue weighted by atomic mass is 10.1. The van der Waals surface area contributed by atoms with E-state index in [4.69, 9.17) is 4.99 Å². The molecule has 0 aliphatic carbocycles. The van der Waals surface area contributed by atoms with Gasteiger partial charge in [0.2, 0.25) is 0 Å². The van der Waals surface area contributed by atoms with Gasteiger partial charge in [-0.2, -0.15) is 0 Å². The van der Waals surface area contributed by atoms with Crippen molar-refractivity contribution in [3.8, 4) is 0 Å². The number of benzene rings is 1. The Bertz CT molecular complexity index is 673. The van der Waals surface area contributed by atoms with Gasteiger partial charge in [-0.1, -0.05) is 12.1 Å². The largest absolute Gasteiger partial charge is 0.368 e. The van der Waals surface area contributed by atoms with E-state index in [1.807, 2.05) is 20.8 Å². The highest BCUT2D eigenvalue weighted by Crippen LogP contribution is 2.23. The second kappa shape index (κ2) is 9.58. The number of nitrogens with one attached hydrogen (secondary N) is 1. The molecule has 5 nitrogen and oxygen atoms in total. The maximum absolute atomic E-state index is 12.2. The molecule has 1 aliphatic heterocycles. The summed E-state index contributed by atoms with van der Waals surface area (Å²) < 4.78 is 12.1. The topological polar surface area (TPSA) is 47.9 Å². The number of aliphatic imine (C=N–C) groups is 1. The first-order chi connectivity index (χ1) is 12.7. The molecule has 1 aliphatic rings. The molecule has 1 unspecified atom stereocenters. The van der Waals surface area contributed by atoms with Crippen LogP contribution in [0, 0.1) is 13.8 Å². The summed E-state index contributed by atoms with van der Waals surface area (Å²) in [7, 11) is -0.860. The maximum Gasteiger partial charge on any atom is 0.194 e. The van der Waals surface area contributed by atoms with Crippen LogP contribution in [0.5, 0.6) is 0 Å². The summed E-state index contributed by atoms with van der Waals surface area (Å²) in [5, 5.41) is 3.40. The number of hydrogen-bond donors (Lipinski definition) is 1. The van der Waals surface area contributed by atoms with Crippen LogP contribution in [0.15, 0.2) is 23.2 Å². The molecule has 1 aromatic rings. The highest BCUT2D eigenvalue weighted by atomic mass is 32.2. The Morgan fingerprint density at radius 1 is 1.19 bits per heavy atom. The number of rotatable bonds is 5. The minimum atomic E-state index is -0.860. The summed E-state index contributed by atoms with van der Waals surface area (Å²) in [5.41, 5.74) is 4.06. The zero-order valence-corrected chi connectivity index (χ0v) is 18.7. The van der Waals surface area contributed by atoms with Crippen molar-refractivity contribution in [2.75, 3.05) is 49.9 Å². The molecule has 1 fully saturated rings. The molecule has 0 aromatic heterocycles. The summed E-state index contributed by atoms with van der Waals surface area (Å²) in [5.74, 6) is 1.56. The molecule has 0 radical (unpaired) electrons. The number of nitrogens with zero attached hydrogens (tertiary/aromatic N) is 3. The van der Waals surface area contributed by atoms with Crippen LogP contribution in [-0.4, -0.2) is 64.8 Å². The summed E-state index contributed by atoms with van der Waals surface area (Å²) in [6.45, 7) is 17.8. The van der Waals surface area contributed by atoms with E-state index in [0.717, 1.165) is 38.7 Å². The first-order valence-corrected chi connectivity index (χ1v) is 11.3. The van der Waals surface area contributed by atoms with Gasteiger partial charge < -0.3 is 15.1 Å². The number of aryl methyl sites for hydroxylation is 1. The fourth-order valence-corrected chi connectivity index (χ4v) is 4.07. The van der Waals surface area contributed by atoms with Crippen molar-refractivity contribution < 1.29 is 4.21 Å². The lowest BCUT2D eigenvalue weighted by molar-refractivity contribution is 0.372. The zero-order valence-electron chi connectivity index (χ0n) is 17.8. The third-order valence-corrected chi connectivity index (χ3v) is 6.97. The third kappa shape index (κ3) is 5.96. The van der Waals surface area contributed by atoms with Crippen LogP contribution in [0.2, 0.25) is 0 Å². The van der Waals surface area contributed by atoms with Crippen LogP contribution in [0.1, 0.15) is 38.8 Å². The third-order valence-electron chi connectivity index (χ3n) is 5.05. The minimum Gasteiger partial charge on any atom is -0.368 e. The number of guanidine groups is 1. The van der Waals surface area contributed by atoms with Crippen molar-refractivity contribution >= 4 is 22.4 Å². The van der Waals surface area contributed by atoms with Gasteiger partial charge in [0.15, 0.2) is 5.96 Å². The Labute approximate surface area is 167 Å². The molecule has 0 saturated carbocycles. The van der Waals surface area contributed by atoms with E-state index < -0.39 is 10.8 Å². The van der Waals surface area contributed by atoms with E-state index in [9.17, 15) is 4.21 Å². The number of piperazine rings is 1. The highest BCUT2D eigenvalue weighted by Gasteiger charge is 2.22. The first-order valence-electron chi connectivity index (χ1n) is 9.97. The molecule has 6 heteroatoms. The predicted molar refractivity (Wildman–Crippen MR) is 118 cm³/mol. The first kappa shape index (κ1) is 21.7. The highest BCUT2D eigenvalue weighted by molar-refractivity contribution is 7.86.